The standard InChI is InChI=1S/C36H38N8O3.Co/c1-21-26(13-14-37-33(21)44-29-18-24(29)19-43-28-8-6-5-7-23(28)17-30(43)34(44)45)27-20-42(4)36(47)32(39-27)38-25-11-9-22(10-12-25)31-35(46)41(3)16-15-40(31)2;/h9-14,17,20,29,31H,1,5-8,15-16,18-19H2,2-4H3,(H,38,39);/q-2;+2/t29?,31-;/m1./s1. The molecule has 1 radical (unpaired) electrons. The van der Waals surface area contributed by atoms with Gasteiger partial charge in [-0.3, -0.25) is 25.2 Å². The SMILES string of the molecule is [CH2-]c1c(-c2cn(C)c(=O)c(Nc3ccc([C@@H]4C(=O)N(C)CCN4C)cc3)n2)ccnc1N1C(=O)c2cc3c(n2C[C-]2CC21)CCCC3.[Co+2]. The fraction of sp³-hybridized carbons (Fsp3) is 0.361. The van der Waals surface area contributed by atoms with Crippen LogP contribution in [0.2, 0.25) is 0 Å². The van der Waals surface area contributed by atoms with Crippen molar-refractivity contribution in [1.82, 2.24) is 28.9 Å². The molecular weight excluding hydrogens is 651 g/mol. The van der Waals surface area contributed by atoms with Crippen LogP contribution in [-0.4, -0.2) is 73.9 Å². The van der Waals surface area contributed by atoms with Crippen LogP contribution < -0.4 is 15.8 Å². The van der Waals surface area contributed by atoms with Crippen LogP contribution in [-0.2, 0) is 48.0 Å². The van der Waals surface area contributed by atoms with E-state index in [0.29, 0.717) is 34.9 Å². The first kappa shape index (κ1) is 32.2. The van der Waals surface area contributed by atoms with Gasteiger partial charge in [-0.05, 0) is 62.1 Å². The monoisotopic (exact) mass is 689 g/mol. The summed E-state index contributed by atoms with van der Waals surface area (Å²) in [4.78, 5) is 55.3. The first-order valence-corrected chi connectivity index (χ1v) is 16.3. The van der Waals surface area contributed by atoms with Crippen LogP contribution in [0, 0.1) is 12.8 Å². The number of carbonyl (C=O) groups is 2. The maximum Gasteiger partial charge on any atom is 2.00 e. The molecule has 2 aliphatic carbocycles. The average molecular weight is 690 g/mol. The molecule has 11 nitrogen and oxygen atoms in total. The molecule has 1 aromatic carbocycles. The van der Waals surface area contributed by atoms with Gasteiger partial charge in [0.25, 0.3) is 11.5 Å². The van der Waals surface area contributed by atoms with Gasteiger partial charge >= 0.3 is 16.8 Å². The van der Waals surface area contributed by atoms with Gasteiger partial charge in [0.15, 0.2) is 5.82 Å². The van der Waals surface area contributed by atoms with E-state index >= 15 is 0 Å². The minimum atomic E-state index is -0.344. The number of aryl methyl sites for hydroxylation is 2. The summed E-state index contributed by atoms with van der Waals surface area (Å²) in [5.74, 6) is 2.03. The van der Waals surface area contributed by atoms with E-state index in [1.165, 1.54) is 21.7 Å². The van der Waals surface area contributed by atoms with Gasteiger partial charge in [0, 0.05) is 62.5 Å². The van der Waals surface area contributed by atoms with Crippen LogP contribution >= 0.6 is 0 Å². The Morgan fingerprint density at radius 3 is 2.56 bits per heavy atom. The molecule has 3 aromatic heterocycles. The maximum atomic E-state index is 14.2. The van der Waals surface area contributed by atoms with Crippen molar-refractivity contribution < 1.29 is 26.4 Å². The van der Waals surface area contributed by atoms with Crippen molar-refractivity contribution in [1.29, 1.82) is 0 Å². The zero-order valence-electron chi connectivity index (χ0n) is 27.3. The molecule has 0 bridgehead atoms. The molecule has 1 saturated heterocycles. The van der Waals surface area contributed by atoms with Crippen molar-refractivity contribution in [2.24, 2.45) is 7.05 Å². The number of fused-ring (bicyclic) bond motifs is 4. The van der Waals surface area contributed by atoms with Crippen molar-refractivity contribution in [3.8, 4) is 11.3 Å². The van der Waals surface area contributed by atoms with E-state index in [0.717, 1.165) is 56.5 Å². The minimum absolute atomic E-state index is 0. The Morgan fingerprint density at radius 1 is 1.00 bits per heavy atom. The van der Waals surface area contributed by atoms with E-state index in [4.69, 9.17) is 4.98 Å². The number of hydrogen-bond donors (Lipinski definition) is 1. The van der Waals surface area contributed by atoms with Gasteiger partial charge in [0.05, 0.1) is 0 Å². The zero-order valence-corrected chi connectivity index (χ0v) is 28.4. The second-order valence-corrected chi connectivity index (χ2v) is 13.3. The Morgan fingerprint density at radius 2 is 1.77 bits per heavy atom. The summed E-state index contributed by atoms with van der Waals surface area (Å²) >= 11 is 0. The van der Waals surface area contributed by atoms with Crippen molar-refractivity contribution in [3.05, 3.63) is 100 Å². The fourth-order valence-corrected chi connectivity index (χ4v) is 7.44. The van der Waals surface area contributed by atoms with Crippen molar-refractivity contribution in [2.75, 3.05) is 37.4 Å². The Bertz CT molecular complexity index is 1990. The summed E-state index contributed by atoms with van der Waals surface area (Å²) in [7, 11) is 5.47. The molecule has 1 N–H and O–H groups in total. The Balaban J connectivity index is 0.00000364. The zero-order chi connectivity index (χ0) is 32.6. The second kappa shape index (κ2) is 12.2. The number of rotatable bonds is 5. The second-order valence-electron chi connectivity index (χ2n) is 13.3. The number of likely N-dealkylation sites (N-methyl/N-ethyl adjacent to an activating group) is 2. The molecule has 1 unspecified atom stereocenters. The van der Waals surface area contributed by atoms with Gasteiger partial charge in [-0.1, -0.05) is 30.3 Å². The van der Waals surface area contributed by atoms with Crippen LogP contribution in [0.15, 0.2) is 53.6 Å². The summed E-state index contributed by atoms with van der Waals surface area (Å²) in [6.45, 7) is 6.68. The summed E-state index contributed by atoms with van der Waals surface area (Å²) in [6.07, 6.45) is 8.58. The summed E-state index contributed by atoms with van der Waals surface area (Å²) in [6, 6.07) is 11.1. The molecule has 2 atom stereocenters. The van der Waals surface area contributed by atoms with Crippen LogP contribution in [0.1, 0.15) is 58.2 Å². The van der Waals surface area contributed by atoms with Gasteiger partial charge in [-0.25, -0.2) is 4.98 Å². The van der Waals surface area contributed by atoms with E-state index in [2.05, 4.69) is 32.8 Å². The number of benzene rings is 1. The number of anilines is 3. The number of carbonyl (C=O) groups excluding carboxylic acids is 2. The minimum Gasteiger partial charge on any atom is -0.373 e. The number of pyridine rings is 1. The van der Waals surface area contributed by atoms with E-state index in [1.54, 1.807) is 24.3 Å². The van der Waals surface area contributed by atoms with Gasteiger partial charge in [0.1, 0.15) is 11.7 Å². The Labute approximate surface area is 290 Å². The molecule has 12 heteroatoms. The molecule has 2 aliphatic heterocycles. The molecule has 0 spiro atoms. The molecule has 249 valence electrons. The van der Waals surface area contributed by atoms with Gasteiger partial charge in [-0.15, -0.1) is 11.6 Å². The van der Waals surface area contributed by atoms with Crippen molar-refractivity contribution in [3.63, 3.8) is 0 Å². The third-order valence-corrected chi connectivity index (χ3v) is 10.2. The van der Waals surface area contributed by atoms with Crippen LogP contribution in [0.5, 0.6) is 0 Å². The van der Waals surface area contributed by atoms with E-state index in [9.17, 15) is 14.4 Å². The molecule has 5 heterocycles. The number of aromatic nitrogens is 4. The first-order valence-electron chi connectivity index (χ1n) is 16.3. The van der Waals surface area contributed by atoms with Gasteiger partial charge < -0.3 is 29.2 Å². The van der Waals surface area contributed by atoms with Crippen molar-refractivity contribution in [2.45, 2.75) is 50.7 Å². The number of hydrogen-bond acceptors (Lipinski definition) is 7. The number of nitrogens with zero attached hydrogens (tertiary/aromatic N) is 7. The van der Waals surface area contributed by atoms with Crippen LogP contribution in [0.25, 0.3) is 11.3 Å². The molecule has 2 fully saturated rings. The molecule has 1 saturated carbocycles. The summed E-state index contributed by atoms with van der Waals surface area (Å²) in [5.41, 5.74) is 6.44. The summed E-state index contributed by atoms with van der Waals surface area (Å²) < 4.78 is 3.73. The third-order valence-electron chi connectivity index (χ3n) is 10.2. The quantitative estimate of drug-likeness (QED) is 0.317. The van der Waals surface area contributed by atoms with Gasteiger partial charge in [-0.2, -0.15) is 13.3 Å². The van der Waals surface area contributed by atoms with E-state index in [-0.39, 0.29) is 52.1 Å². The third kappa shape index (κ3) is 5.32. The van der Waals surface area contributed by atoms with Crippen LogP contribution in [0.3, 0.4) is 0 Å². The average Bonchev–Trinajstić information content (AvgIpc) is 3.74. The molecule has 48 heavy (non-hydrogen) atoms. The smallest absolute Gasteiger partial charge is 0.373 e. The molecular formula is C36H38CoN8O3. The largest absolute Gasteiger partial charge is 2.00 e. The van der Waals surface area contributed by atoms with Crippen LogP contribution in [0.4, 0.5) is 17.3 Å². The maximum absolute atomic E-state index is 14.2. The first-order chi connectivity index (χ1) is 22.7. The van der Waals surface area contributed by atoms with E-state index in [1.807, 2.05) is 49.3 Å². The molecule has 2 amide bonds. The predicted octanol–water partition coefficient (Wildman–Crippen LogP) is 3.90. The molecule has 8 rings (SSSR count). The van der Waals surface area contributed by atoms with E-state index < -0.39 is 0 Å². The fourth-order valence-electron chi connectivity index (χ4n) is 7.44. The predicted molar refractivity (Wildman–Crippen MR) is 179 cm³/mol. The summed E-state index contributed by atoms with van der Waals surface area (Å²) in [5, 5.41) is 3.19. The molecule has 4 aliphatic rings. The number of nitrogens with one attached hydrogen (secondary N) is 1. The topological polar surface area (TPSA) is 109 Å². The van der Waals surface area contributed by atoms with Crippen molar-refractivity contribution >= 4 is 29.1 Å². The van der Waals surface area contributed by atoms with Gasteiger partial charge in [0.2, 0.25) is 5.91 Å². The Hall–Kier alpha value is -4.39. The Kier molecular flexibility index (Phi) is 8.21. The number of amides is 2. The molecule has 4 aromatic rings. The number of piperazine rings is 1. The normalized spacial score (nSPS) is 20.8.